The topological polar surface area (TPSA) is 34.1 Å². The van der Waals surface area contributed by atoms with Gasteiger partial charge in [-0.15, -0.1) is 0 Å². The molecule has 0 atom stereocenters. The summed E-state index contributed by atoms with van der Waals surface area (Å²) in [5.41, 5.74) is 0. The van der Waals surface area contributed by atoms with Crippen LogP contribution in [0.2, 0.25) is 0 Å². The first-order chi connectivity index (χ1) is 30.3. The van der Waals surface area contributed by atoms with Crippen LogP contribution < -0.4 is 47.7 Å². The molecule has 308 valence electrons. The van der Waals surface area contributed by atoms with Gasteiger partial charge in [-0.2, -0.15) is 0 Å². The van der Waals surface area contributed by atoms with E-state index in [-0.39, 0.29) is 20.4 Å². The van der Waals surface area contributed by atoms with Gasteiger partial charge in [-0.1, -0.05) is 164 Å². The second-order valence-electron chi connectivity index (χ2n) is 13.4. The Balaban J connectivity index is 0.000000195. The van der Waals surface area contributed by atoms with Crippen LogP contribution in [-0.4, -0.2) is 13.6 Å². The van der Waals surface area contributed by atoms with Crippen LogP contribution in [0.4, 0.5) is 0 Å². The number of hydrogen-bond acceptors (Lipinski definition) is 2. The molecule has 62 heavy (non-hydrogen) atoms. The van der Waals surface area contributed by atoms with Gasteiger partial charge < -0.3 is 9.59 Å². The summed E-state index contributed by atoms with van der Waals surface area (Å²) in [6.45, 7) is 6.50. The fourth-order valence-corrected chi connectivity index (χ4v) is 14.7. The third kappa shape index (κ3) is 14.7. The molecule has 0 saturated heterocycles. The first kappa shape index (κ1) is 48.9. The summed E-state index contributed by atoms with van der Waals surface area (Å²) >= 11 is 0. The molecular weight excluding hydrogens is 904 g/mol. The molecule has 9 aromatic rings. The van der Waals surface area contributed by atoms with Crippen LogP contribution in [0.5, 0.6) is 0 Å². The average Bonchev–Trinajstić information content (AvgIpc) is 3.37. The van der Waals surface area contributed by atoms with Gasteiger partial charge in [-0.05, 0) is 109 Å². The van der Waals surface area contributed by atoms with E-state index >= 15 is 0 Å². The molecule has 0 aliphatic carbocycles. The zero-order chi connectivity index (χ0) is 42.7. The van der Waals surface area contributed by atoms with Crippen molar-refractivity contribution in [1.82, 2.24) is 0 Å². The Bertz CT molecular complexity index is 1910. The van der Waals surface area contributed by atoms with Crippen molar-refractivity contribution in [3.63, 3.8) is 0 Å². The summed E-state index contributed by atoms with van der Waals surface area (Å²) in [5, 5.41) is 12.9. The zero-order valence-electron chi connectivity index (χ0n) is 34.3. The van der Waals surface area contributed by atoms with Crippen LogP contribution in [0.15, 0.2) is 273 Å². The van der Waals surface area contributed by atoms with E-state index in [2.05, 4.69) is 287 Å². The van der Waals surface area contributed by atoms with Crippen LogP contribution in [0.1, 0.15) is 0 Å². The van der Waals surface area contributed by atoms with E-state index in [1.165, 1.54) is 47.7 Å². The second-order valence-corrected chi connectivity index (χ2v) is 20.9. The van der Waals surface area contributed by atoms with Crippen molar-refractivity contribution in [2.45, 2.75) is 0 Å². The predicted molar refractivity (Wildman–Crippen MR) is 273 cm³/mol. The SMILES string of the molecule is [CH-]=O.[CH-]=O.[Pd+2].c1ccc([PH+](c2ccccc2)c2ccccc2)cc1.c1ccc([PH+](c2ccccc2)c2ccccc2)cc1.c1ccc([PH+](c2ccccc2)c2ccccc2)cc1. The van der Waals surface area contributed by atoms with E-state index in [9.17, 15) is 0 Å². The van der Waals surface area contributed by atoms with Gasteiger partial charge in [-0.3, -0.25) is 13.6 Å². The first-order valence-electron chi connectivity index (χ1n) is 19.9. The van der Waals surface area contributed by atoms with Crippen molar-refractivity contribution in [2.75, 3.05) is 0 Å². The van der Waals surface area contributed by atoms with E-state index in [4.69, 9.17) is 9.59 Å². The maximum Gasteiger partial charge on any atom is 2.00 e. The molecule has 0 radical (unpaired) electrons. The van der Waals surface area contributed by atoms with Crippen LogP contribution in [0.3, 0.4) is 0 Å². The first-order valence-corrected chi connectivity index (χ1v) is 24.4. The summed E-state index contributed by atoms with van der Waals surface area (Å²) < 4.78 is 0. The predicted octanol–water partition coefficient (Wildman–Crippen LogP) is 8.98. The van der Waals surface area contributed by atoms with Gasteiger partial charge in [0, 0.05) is 0 Å². The van der Waals surface area contributed by atoms with Crippen molar-refractivity contribution in [1.29, 1.82) is 0 Å². The molecule has 9 aromatic carbocycles. The van der Waals surface area contributed by atoms with E-state index < -0.39 is 23.8 Å². The Morgan fingerprint density at radius 1 is 0.177 bits per heavy atom. The Morgan fingerprint density at radius 3 is 0.339 bits per heavy atom. The molecule has 0 aliphatic rings. The summed E-state index contributed by atoms with van der Waals surface area (Å²) in [4.78, 5) is 15.5. The molecule has 0 N–H and O–H groups in total. The molecule has 0 amide bonds. The molecule has 0 heterocycles. The molecule has 0 fully saturated rings. The molecular formula is C56H50O2P3Pd+3. The Kier molecular flexibility index (Phi) is 22.7. The number of benzene rings is 9. The van der Waals surface area contributed by atoms with E-state index in [1.54, 1.807) is 0 Å². The Hall–Kier alpha value is -5.73. The molecule has 0 bridgehead atoms. The van der Waals surface area contributed by atoms with Gasteiger partial charge in [0.1, 0.15) is 47.7 Å². The number of hydrogen-bond donors (Lipinski definition) is 0. The van der Waals surface area contributed by atoms with E-state index in [1.807, 2.05) is 0 Å². The standard InChI is InChI=1S/3C18H15P.2CHO.Pd/c3*1-4-10-16(11-5-1)19(17-12-6-2-7-13-17)18-14-8-3-9-15-18;2*1-2;/h3*1-15H;2*1H;/q;;;2*-1;+2/p+3. The molecule has 9 rings (SSSR count). The van der Waals surface area contributed by atoms with Gasteiger partial charge in [0.15, 0.2) is 0 Å². The summed E-state index contributed by atoms with van der Waals surface area (Å²) in [7, 11) is -2.63. The van der Waals surface area contributed by atoms with Gasteiger partial charge >= 0.3 is 20.4 Å². The maximum absolute atomic E-state index is 7.75. The van der Waals surface area contributed by atoms with Crippen molar-refractivity contribution < 1.29 is 30.0 Å². The largest absolute Gasteiger partial charge is 2.00 e. The smallest absolute Gasteiger partial charge is 0.545 e. The maximum atomic E-state index is 7.75. The number of rotatable bonds is 9. The zero-order valence-corrected chi connectivity index (χ0v) is 38.8. The molecule has 6 heteroatoms. The Labute approximate surface area is 385 Å². The monoisotopic (exact) mass is 953 g/mol. The Morgan fingerprint density at radius 2 is 0.258 bits per heavy atom. The minimum Gasteiger partial charge on any atom is -0.545 e. The number of carbonyl (C=O) groups excluding carboxylic acids is 2. The normalized spacial score (nSPS) is 9.85. The molecule has 0 aliphatic heterocycles. The summed E-state index contributed by atoms with van der Waals surface area (Å²) in [6.07, 6.45) is 0. The van der Waals surface area contributed by atoms with Gasteiger partial charge in [0.05, 0.1) is 23.8 Å². The van der Waals surface area contributed by atoms with Crippen molar-refractivity contribution in [3.05, 3.63) is 273 Å². The van der Waals surface area contributed by atoms with Crippen LogP contribution in [-0.2, 0) is 30.0 Å². The average molecular weight is 954 g/mol. The summed E-state index contributed by atoms with van der Waals surface area (Å²) in [6, 6.07) is 97.5. The molecule has 0 saturated carbocycles. The third-order valence-electron chi connectivity index (χ3n) is 9.56. The van der Waals surface area contributed by atoms with E-state index in [0.717, 1.165) is 0 Å². The molecule has 0 aromatic heterocycles. The fraction of sp³-hybridized carbons (Fsp3) is 0. The van der Waals surface area contributed by atoms with Crippen molar-refractivity contribution in [3.8, 4) is 0 Å². The second kappa shape index (κ2) is 28.7. The minimum atomic E-state index is -0.877. The van der Waals surface area contributed by atoms with Gasteiger partial charge in [-0.25, -0.2) is 0 Å². The van der Waals surface area contributed by atoms with E-state index in [0.29, 0.717) is 0 Å². The van der Waals surface area contributed by atoms with Gasteiger partial charge in [0.25, 0.3) is 0 Å². The van der Waals surface area contributed by atoms with Crippen LogP contribution in [0, 0.1) is 0 Å². The fourth-order valence-electron chi connectivity index (χ4n) is 6.94. The van der Waals surface area contributed by atoms with Crippen molar-refractivity contribution >= 4 is 85.1 Å². The third-order valence-corrected chi connectivity index (χ3v) is 17.8. The summed E-state index contributed by atoms with van der Waals surface area (Å²) in [5.74, 6) is 0. The van der Waals surface area contributed by atoms with Gasteiger partial charge in [0.2, 0.25) is 0 Å². The quantitative estimate of drug-likeness (QED) is 0.0628. The molecule has 0 unspecified atom stereocenters. The van der Waals surface area contributed by atoms with Crippen LogP contribution in [0.25, 0.3) is 0 Å². The van der Waals surface area contributed by atoms with Crippen molar-refractivity contribution in [2.24, 2.45) is 0 Å². The van der Waals surface area contributed by atoms with Crippen LogP contribution >= 0.6 is 23.8 Å². The minimum absolute atomic E-state index is 0. The molecule has 2 nitrogen and oxygen atoms in total. The molecule has 0 spiro atoms.